The van der Waals surface area contributed by atoms with Gasteiger partial charge in [-0.1, -0.05) is 29.7 Å². The van der Waals surface area contributed by atoms with Gasteiger partial charge in [-0.3, -0.25) is 4.79 Å². The van der Waals surface area contributed by atoms with Gasteiger partial charge in [-0.15, -0.1) is 6.42 Å². The molecule has 25 heavy (non-hydrogen) atoms. The third kappa shape index (κ3) is 3.94. The van der Waals surface area contributed by atoms with Gasteiger partial charge in [0.2, 0.25) is 0 Å². The zero-order valence-electron chi connectivity index (χ0n) is 13.0. The quantitative estimate of drug-likeness (QED) is 0.558. The summed E-state index contributed by atoms with van der Waals surface area (Å²) in [6.45, 7) is 0.0573. The number of nitrogens with zero attached hydrogens (tertiary/aromatic N) is 1. The van der Waals surface area contributed by atoms with E-state index in [0.717, 1.165) is 0 Å². The molecule has 0 saturated carbocycles. The first-order chi connectivity index (χ1) is 11.7. The van der Waals surface area contributed by atoms with Gasteiger partial charge in [-0.25, -0.2) is 4.39 Å². The third-order valence-electron chi connectivity index (χ3n) is 3.47. The molecule has 0 fully saturated rings. The molecule has 2 aromatic carbocycles. The molecule has 0 saturated heterocycles. The molecular formula is C18H12ClF4NO. The first-order valence-corrected chi connectivity index (χ1v) is 7.39. The lowest BCUT2D eigenvalue weighted by Gasteiger charge is -2.16. The lowest BCUT2D eigenvalue weighted by Crippen LogP contribution is -2.26. The van der Waals surface area contributed by atoms with Crippen LogP contribution in [-0.4, -0.2) is 24.4 Å². The first kappa shape index (κ1) is 18.8. The van der Waals surface area contributed by atoms with Crippen molar-refractivity contribution in [3.05, 3.63) is 58.4 Å². The molecule has 0 bridgehead atoms. The highest BCUT2D eigenvalue weighted by molar-refractivity contribution is 6.34. The summed E-state index contributed by atoms with van der Waals surface area (Å²) in [6, 6.07) is 6.82. The minimum Gasteiger partial charge on any atom is -0.331 e. The van der Waals surface area contributed by atoms with Crippen molar-refractivity contribution in [2.75, 3.05) is 13.6 Å². The maximum absolute atomic E-state index is 14.1. The lowest BCUT2D eigenvalue weighted by atomic mass is 9.99. The summed E-state index contributed by atoms with van der Waals surface area (Å²) < 4.78 is 53.1. The van der Waals surface area contributed by atoms with Crippen LogP contribution in [0.3, 0.4) is 0 Å². The van der Waals surface area contributed by atoms with E-state index in [1.807, 2.05) is 0 Å². The molecule has 130 valence electrons. The number of amides is 1. The second-order valence-corrected chi connectivity index (χ2v) is 5.61. The average Bonchev–Trinajstić information content (AvgIpc) is 2.53. The fraction of sp³-hybridized carbons (Fsp3) is 0.167. The van der Waals surface area contributed by atoms with E-state index in [4.69, 9.17) is 18.0 Å². The zero-order valence-corrected chi connectivity index (χ0v) is 13.7. The maximum atomic E-state index is 14.1. The summed E-state index contributed by atoms with van der Waals surface area (Å²) in [5.41, 5.74) is -1.34. The van der Waals surface area contributed by atoms with Gasteiger partial charge in [0.05, 0.1) is 17.1 Å². The van der Waals surface area contributed by atoms with Crippen LogP contribution in [0.25, 0.3) is 11.1 Å². The number of alkyl halides is 3. The van der Waals surface area contributed by atoms with Crippen molar-refractivity contribution < 1.29 is 22.4 Å². The van der Waals surface area contributed by atoms with Crippen molar-refractivity contribution in [2.45, 2.75) is 6.18 Å². The number of terminal acetylenes is 1. The van der Waals surface area contributed by atoms with Crippen LogP contribution >= 0.6 is 11.6 Å². The highest BCUT2D eigenvalue weighted by Crippen LogP contribution is 2.41. The molecule has 0 aliphatic heterocycles. The Kier molecular flexibility index (Phi) is 5.39. The summed E-state index contributed by atoms with van der Waals surface area (Å²) in [5.74, 6) is 0.947. The summed E-state index contributed by atoms with van der Waals surface area (Å²) in [5, 5.41) is -0.755. The Morgan fingerprint density at radius 2 is 1.96 bits per heavy atom. The minimum atomic E-state index is -4.72. The van der Waals surface area contributed by atoms with E-state index in [-0.39, 0.29) is 17.7 Å². The van der Waals surface area contributed by atoms with Gasteiger partial charge in [0, 0.05) is 18.2 Å². The van der Waals surface area contributed by atoms with Crippen LogP contribution in [0, 0.1) is 18.2 Å². The topological polar surface area (TPSA) is 20.3 Å². The smallest absolute Gasteiger partial charge is 0.331 e. The molecule has 7 heteroatoms. The molecule has 0 spiro atoms. The van der Waals surface area contributed by atoms with E-state index in [1.165, 1.54) is 36.2 Å². The van der Waals surface area contributed by atoms with E-state index in [2.05, 4.69) is 5.92 Å². The van der Waals surface area contributed by atoms with Crippen LogP contribution in [0.5, 0.6) is 0 Å². The maximum Gasteiger partial charge on any atom is 0.417 e. The predicted molar refractivity (Wildman–Crippen MR) is 87.6 cm³/mol. The molecule has 0 atom stereocenters. The minimum absolute atomic E-state index is 0.0573. The normalized spacial score (nSPS) is 11.1. The van der Waals surface area contributed by atoms with E-state index in [9.17, 15) is 22.4 Å². The van der Waals surface area contributed by atoms with Crippen LogP contribution in [0.1, 0.15) is 15.9 Å². The van der Waals surface area contributed by atoms with Crippen molar-refractivity contribution in [3.8, 4) is 23.5 Å². The summed E-state index contributed by atoms with van der Waals surface area (Å²) in [7, 11) is 1.48. The van der Waals surface area contributed by atoms with Gasteiger partial charge in [0.15, 0.2) is 0 Å². The largest absolute Gasteiger partial charge is 0.417 e. The molecule has 0 aliphatic rings. The Bertz CT molecular complexity index is 855. The second kappa shape index (κ2) is 7.16. The van der Waals surface area contributed by atoms with Crippen molar-refractivity contribution >= 4 is 17.5 Å². The molecule has 0 aliphatic carbocycles. The summed E-state index contributed by atoms with van der Waals surface area (Å²) in [4.78, 5) is 13.5. The highest BCUT2D eigenvalue weighted by Gasteiger charge is 2.35. The van der Waals surface area contributed by atoms with Gasteiger partial charge in [0.25, 0.3) is 5.91 Å². The Hall–Kier alpha value is -2.52. The third-order valence-corrected chi connectivity index (χ3v) is 3.86. The standard InChI is InChI=1S/C18H12ClF4NO/c1-3-9-24(2)17(25)12-6-4-5-11(10-12)15-14(20)8-7-13(16(15)19)18(21,22)23/h1,4-8,10H,9H2,2H3. The molecular weight excluding hydrogens is 358 g/mol. The molecule has 0 radical (unpaired) electrons. The van der Waals surface area contributed by atoms with Crippen molar-refractivity contribution in [3.63, 3.8) is 0 Å². The number of rotatable bonds is 3. The fourth-order valence-electron chi connectivity index (χ4n) is 2.27. The zero-order chi connectivity index (χ0) is 18.8. The van der Waals surface area contributed by atoms with Crippen LogP contribution < -0.4 is 0 Å². The molecule has 0 N–H and O–H groups in total. The predicted octanol–water partition coefficient (Wildman–Crippen LogP) is 4.87. The molecule has 2 aromatic rings. The van der Waals surface area contributed by atoms with Gasteiger partial charge in [-0.05, 0) is 29.8 Å². The summed E-state index contributed by atoms with van der Waals surface area (Å²) in [6.07, 6.45) is 0.424. The monoisotopic (exact) mass is 369 g/mol. The lowest BCUT2D eigenvalue weighted by molar-refractivity contribution is -0.137. The SMILES string of the molecule is C#CCN(C)C(=O)c1cccc(-c2c(F)ccc(C(F)(F)F)c2Cl)c1. The second-order valence-electron chi connectivity index (χ2n) is 5.23. The van der Waals surface area contributed by atoms with Gasteiger partial charge in [-0.2, -0.15) is 13.2 Å². The van der Waals surface area contributed by atoms with Crippen LogP contribution in [0.4, 0.5) is 17.6 Å². The number of benzene rings is 2. The van der Waals surface area contributed by atoms with E-state index >= 15 is 0 Å². The van der Waals surface area contributed by atoms with Crippen LogP contribution in [-0.2, 0) is 6.18 Å². The molecule has 1 amide bonds. The molecule has 2 rings (SSSR count). The molecule has 0 unspecified atom stereocenters. The van der Waals surface area contributed by atoms with Crippen LogP contribution in [0.15, 0.2) is 36.4 Å². The number of carbonyl (C=O) groups is 1. The Morgan fingerprint density at radius 3 is 2.56 bits per heavy atom. The van der Waals surface area contributed by atoms with Gasteiger partial charge in [0.1, 0.15) is 5.82 Å². The number of hydrogen-bond acceptors (Lipinski definition) is 1. The first-order valence-electron chi connectivity index (χ1n) is 7.01. The van der Waals surface area contributed by atoms with E-state index in [0.29, 0.717) is 12.1 Å². The molecule has 0 heterocycles. The average molecular weight is 370 g/mol. The number of carbonyl (C=O) groups excluding carboxylic acids is 1. The van der Waals surface area contributed by atoms with E-state index < -0.39 is 34.1 Å². The number of hydrogen-bond donors (Lipinski definition) is 0. The summed E-state index contributed by atoms with van der Waals surface area (Å²) >= 11 is 5.80. The Balaban J connectivity index is 2.56. The number of halogens is 5. The van der Waals surface area contributed by atoms with Gasteiger partial charge < -0.3 is 4.90 Å². The van der Waals surface area contributed by atoms with Crippen molar-refractivity contribution in [1.82, 2.24) is 4.90 Å². The molecule has 0 aromatic heterocycles. The Labute approximate surface area is 147 Å². The van der Waals surface area contributed by atoms with Crippen molar-refractivity contribution in [2.24, 2.45) is 0 Å². The van der Waals surface area contributed by atoms with Crippen LogP contribution in [0.2, 0.25) is 5.02 Å². The van der Waals surface area contributed by atoms with E-state index in [1.54, 1.807) is 0 Å². The van der Waals surface area contributed by atoms with Crippen molar-refractivity contribution in [1.29, 1.82) is 0 Å². The Morgan fingerprint density at radius 1 is 1.28 bits per heavy atom. The highest BCUT2D eigenvalue weighted by atomic mass is 35.5. The van der Waals surface area contributed by atoms with Gasteiger partial charge >= 0.3 is 6.18 Å². The molecule has 2 nitrogen and oxygen atoms in total. The fourth-order valence-corrected chi connectivity index (χ4v) is 2.64.